The number of alkyl halides is 1. The van der Waals surface area contributed by atoms with Gasteiger partial charge >= 0.3 is 0 Å². The van der Waals surface area contributed by atoms with Crippen molar-refractivity contribution in [3.63, 3.8) is 0 Å². The van der Waals surface area contributed by atoms with Crippen LogP contribution in [0.15, 0.2) is 29.2 Å². The van der Waals surface area contributed by atoms with Crippen molar-refractivity contribution in [2.45, 2.75) is 73.2 Å². The summed E-state index contributed by atoms with van der Waals surface area (Å²) in [5, 5.41) is 8.67. The van der Waals surface area contributed by atoms with Crippen molar-refractivity contribution in [2.75, 3.05) is 20.2 Å². The molecule has 2 heterocycles. The molecule has 0 radical (unpaired) electrons. The summed E-state index contributed by atoms with van der Waals surface area (Å²) in [6.45, 7) is 2.25. The molecule has 2 aliphatic heterocycles. The van der Waals surface area contributed by atoms with Crippen LogP contribution in [-0.4, -0.2) is 64.1 Å². The van der Waals surface area contributed by atoms with Gasteiger partial charge in [-0.2, -0.15) is 0 Å². The van der Waals surface area contributed by atoms with E-state index in [1.807, 2.05) is 0 Å². The Bertz CT molecular complexity index is 865. The van der Waals surface area contributed by atoms with Crippen LogP contribution >= 0.6 is 0 Å². The predicted octanol–water partition coefficient (Wildman–Crippen LogP) is 1.32. The second-order valence-corrected chi connectivity index (χ2v) is 11.1. The minimum atomic E-state index is -3.79. The van der Waals surface area contributed by atoms with E-state index in [1.165, 1.54) is 19.2 Å². The van der Waals surface area contributed by atoms with Gasteiger partial charge in [0, 0.05) is 19.7 Å². The average molecular weight is 454 g/mol. The van der Waals surface area contributed by atoms with E-state index in [-0.39, 0.29) is 16.8 Å². The summed E-state index contributed by atoms with van der Waals surface area (Å²) in [4.78, 5) is 12.7. The Kier molecular flexibility index (Phi) is 6.95. The van der Waals surface area contributed by atoms with Crippen LogP contribution in [0.5, 0.6) is 0 Å². The third-order valence-corrected chi connectivity index (χ3v) is 9.21. The van der Waals surface area contributed by atoms with E-state index in [2.05, 4.69) is 16.0 Å². The van der Waals surface area contributed by atoms with Gasteiger partial charge in [0.15, 0.2) is 9.84 Å². The van der Waals surface area contributed by atoms with Gasteiger partial charge in [0.1, 0.15) is 6.17 Å². The van der Waals surface area contributed by atoms with Crippen LogP contribution in [0.3, 0.4) is 0 Å². The first kappa shape index (κ1) is 22.6. The summed E-state index contributed by atoms with van der Waals surface area (Å²) in [6.07, 6.45) is 1.13. The predicted molar refractivity (Wildman–Crippen MR) is 115 cm³/mol. The molecule has 1 aliphatic carbocycles. The van der Waals surface area contributed by atoms with Gasteiger partial charge in [0.25, 0.3) is 0 Å². The lowest BCUT2D eigenvalue weighted by atomic mass is 9.94. The van der Waals surface area contributed by atoms with Gasteiger partial charge in [-0.15, -0.1) is 0 Å². The molecule has 0 bridgehead atoms. The molecule has 31 heavy (non-hydrogen) atoms. The normalized spacial score (nSPS) is 33.6. The number of methoxy groups -OCH3 is 1. The van der Waals surface area contributed by atoms with Crippen LogP contribution in [0, 0.1) is 5.92 Å². The second-order valence-electron chi connectivity index (χ2n) is 8.91. The van der Waals surface area contributed by atoms with Crippen molar-refractivity contribution in [1.82, 2.24) is 16.0 Å². The minimum Gasteiger partial charge on any atom is -0.378 e. The molecule has 1 aromatic rings. The van der Waals surface area contributed by atoms with Gasteiger partial charge in [-0.05, 0) is 68.8 Å². The zero-order valence-corrected chi connectivity index (χ0v) is 18.7. The number of hydrogen-bond acceptors (Lipinski definition) is 6. The highest BCUT2D eigenvalue weighted by molar-refractivity contribution is 7.92. The Morgan fingerprint density at radius 3 is 2.71 bits per heavy atom. The molecule has 1 saturated carbocycles. The van der Waals surface area contributed by atoms with Crippen LogP contribution < -0.4 is 16.0 Å². The molecule has 3 aliphatic rings. The van der Waals surface area contributed by atoms with E-state index < -0.39 is 27.4 Å². The molecule has 3 N–H and O–H groups in total. The number of piperidine rings is 1. The molecule has 2 saturated heterocycles. The lowest BCUT2D eigenvalue weighted by Gasteiger charge is -2.31. The van der Waals surface area contributed by atoms with E-state index in [1.54, 1.807) is 12.1 Å². The largest absolute Gasteiger partial charge is 0.378 e. The van der Waals surface area contributed by atoms with Crippen molar-refractivity contribution in [3.8, 4) is 0 Å². The van der Waals surface area contributed by atoms with Crippen LogP contribution in [0.4, 0.5) is 4.39 Å². The number of nitrogens with one attached hydrogen (secondary N) is 3. The van der Waals surface area contributed by atoms with Crippen molar-refractivity contribution in [2.24, 2.45) is 5.92 Å². The highest BCUT2D eigenvalue weighted by Gasteiger charge is 2.42. The van der Waals surface area contributed by atoms with Crippen LogP contribution in [-0.2, 0) is 25.9 Å². The maximum atomic E-state index is 14.7. The summed E-state index contributed by atoms with van der Waals surface area (Å²) in [6, 6.07) is 6.60. The molecule has 9 heteroatoms. The molecule has 0 spiro atoms. The van der Waals surface area contributed by atoms with Crippen molar-refractivity contribution >= 4 is 15.7 Å². The molecule has 6 atom stereocenters. The monoisotopic (exact) mass is 453 g/mol. The summed E-state index contributed by atoms with van der Waals surface area (Å²) in [7, 11) is -2.37. The number of sulfone groups is 1. The molecule has 4 rings (SSSR count). The van der Waals surface area contributed by atoms with Gasteiger partial charge < -0.3 is 20.7 Å². The third-order valence-electron chi connectivity index (χ3n) is 6.99. The quantitative estimate of drug-likeness (QED) is 0.601. The lowest BCUT2D eigenvalue weighted by molar-refractivity contribution is -0.123. The van der Waals surface area contributed by atoms with Crippen molar-refractivity contribution in [3.05, 3.63) is 29.8 Å². The zero-order valence-electron chi connectivity index (χ0n) is 17.8. The van der Waals surface area contributed by atoms with E-state index in [4.69, 9.17) is 4.74 Å². The summed E-state index contributed by atoms with van der Waals surface area (Å²) in [5.41, 5.74) is 0.805. The number of halogens is 1. The fraction of sp³-hybridized carbons (Fsp3) is 0.682. The highest BCUT2D eigenvalue weighted by atomic mass is 32.2. The summed E-state index contributed by atoms with van der Waals surface area (Å²) in [5.74, 6) is 0.463. The molecular formula is C22H32FN3O4S. The number of hydrogen-bond donors (Lipinski definition) is 3. The molecule has 1 amide bonds. The molecule has 3 fully saturated rings. The van der Waals surface area contributed by atoms with E-state index in [0.717, 1.165) is 31.5 Å². The van der Waals surface area contributed by atoms with E-state index in [9.17, 15) is 17.6 Å². The van der Waals surface area contributed by atoms with Crippen LogP contribution in [0.2, 0.25) is 0 Å². The number of ether oxygens (including phenoxy) is 1. The molecule has 7 nitrogen and oxygen atoms in total. The van der Waals surface area contributed by atoms with E-state index in [0.29, 0.717) is 37.8 Å². The Balaban J connectivity index is 1.34. The number of carbonyl (C=O) groups is 1. The highest BCUT2D eigenvalue weighted by Crippen LogP contribution is 2.32. The maximum absolute atomic E-state index is 14.7. The van der Waals surface area contributed by atoms with Crippen LogP contribution in [0.25, 0.3) is 0 Å². The third kappa shape index (κ3) is 4.79. The second kappa shape index (κ2) is 9.52. The Hall–Kier alpha value is -1.55. The lowest BCUT2D eigenvalue weighted by Crippen LogP contribution is -2.45. The minimum absolute atomic E-state index is 0.0285. The topological polar surface area (TPSA) is 96.5 Å². The maximum Gasteiger partial charge on any atom is 0.237 e. The number of carbonyl (C=O) groups excluding carboxylic acids is 1. The Labute approximate surface area is 183 Å². The molecule has 6 unspecified atom stereocenters. The smallest absolute Gasteiger partial charge is 0.237 e. The van der Waals surface area contributed by atoms with Gasteiger partial charge in [-0.3, -0.25) is 4.79 Å². The van der Waals surface area contributed by atoms with Crippen molar-refractivity contribution < 1.29 is 22.3 Å². The summed E-state index contributed by atoms with van der Waals surface area (Å²) >= 11 is 0. The van der Waals surface area contributed by atoms with Crippen molar-refractivity contribution in [1.29, 1.82) is 0 Å². The molecule has 172 valence electrons. The average Bonchev–Trinajstić information content (AvgIpc) is 3.22. The van der Waals surface area contributed by atoms with Gasteiger partial charge in [0.2, 0.25) is 5.91 Å². The zero-order chi connectivity index (χ0) is 22.0. The van der Waals surface area contributed by atoms with Gasteiger partial charge in [0.05, 0.1) is 22.3 Å². The van der Waals surface area contributed by atoms with Gasteiger partial charge in [-0.1, -0.05) is 12.1 Å². The first-order valence-corrected chi connectivity index (χ1v) is 12.7. The number of amides is 1. The van der Waals surface area contributed by atoms with Gasteiger partial charge in [-0.25, -0.2) is 12.8 Å². The Morgan fingerprint density at radius 2 is 2.00 bits per heavy atom. The molecular weight excluding hydrogens is 421 g/mol. The first-order valence-electron chi connectivity index (χ1n) is 11.1. The standard InChI is InChI=1S/C22H32FN3O4S/c1-30-19-3-2-4-20(21(19)23)31(28,29)16-7-5-14(6-8-16)12-25-22(27)18-11-15-13-24-10-9-17(15)26-18/h5-8,15,17-21,24,26H,2-4,9-13H2,1H3,(H,25,27). The number of rotatable bonds is 6. The fourth-order valence-electron chi connectivity index (χ4n) is 5.14. The van der Waals surface area contributed by atoms with E-state index >= 15 is 0 Å². The SMILES string of the molecule is COC1CCCC(S(=O)(=O)c2ccc(CNC(=O)C3CC4CNCCC4N3)cc2)C1F. The number of fused-ring (bicyclic) bond motifs is 1. The van der Waals surface area contributed by atoms with Crippen LogP contribution in [0.1, 0.15) is 37.7 Å². The molecule has 0 aromatic heterocycles. The first-order chi connectivity index (χ1) is 14.9. The Morgan fingerprint density at radius 1 is 1.23 bits per heavy atom. The fourth-order valence-corrected chi connectivity index (χ4v) is 7.00. The molecule has 1 aromatic carbocycles. The summed E-state index contributed by atoms with van der Waals surface area (Å²) < 4.78 is 45.7. The number of benzene rings is 1.